The van der Waals surface area contributed by atoms with Gasteiger partial charge in [-0.15, -0.1) is 0 Å². The van der Waals surface area contributed by atoms with Crippen LogP contribution in [0.5, 0.6) is 0 Å². The maximum atomic E-state index is 6.25. The molecule has 0 unspecified atom stereocenters. The molecule has 0 heterocycles. The SMILES string of the molecule is [C-]#N.[C-]#N.[C-]#N.[C-]#N.[C-]#N.[Ir+4].[K+]. The molecule has 0 saturated heterocycles. The molecule has 1 radical (unpaired) electrons. The van der Waals surface area contributed by atoms with E-state index in [1.807, 2.05) is 0 Å². The zero-order valence-electron chi connectivity index (χ0n) is 6.07. The molecule has 55 valence electrons. The summed E-state index contributed by atoms with van der Waals surface area (Å²) in [6, 6.07) is 0. The molecule has 0 aromatic heterocycles. The smallest absolute Gasteiger partial charge is 0.512 e. The molecule has 0 aliphatic rings. The summed E-state index contributed by atoms with van der Waals surface area (Å²) >= 11 is 0. The molecule has 0 bridgehead atoms. The molecule has 0 saturated carbocycles. The van der Waals surface area contributed by atoms with Crippen LogP contribution in [0.2, 0.25) is 0 Å². The van der Waals surface area contributed by atoms with Crippen molar-refractivity contribution in [1.82, 2.24) is 0 Å². The second kappa shape index (κ2) is 14600. The van der Waals surface area contributed by atoms with E-state index in [4.69, 9.17) is 59.2 Å². The molecule has 0 spiro atoms. The molecule has 0 N–H and O–H groups in total. The van der Waals surface area contributed by atoms with E-state index in [-0.39, 0.29) is 71.5 Å². The summed E-state index contributed by atoms with van der Waals surface area (Å²) in [5.41, 5.74) is 0. The Labute approximate surface area is 129 Å². The molecule has 0 atom stereocenters. The van der Waals surface area contributed by atoms with Crippen molar-refractivity contribution in [3.05, 3.63) is 32.9 Å². The predicted molar refractivity (Wildman–Crippen MR) is 24.8 cm³/mol. The van der Waals surface area contributed by atoms with Gasteiger partial charge in [0.25, 0.3) is 0 Å². The summed E-state index contributed by atoms with van der Waals surface area (Å²) in [4.78, 5) is 0. The first kappa shape index (κ1) is 60.3. The van der Waals surface area contributed by atoms with E-state index in [0.29, 0.717) is 0 Å². The Morgan fingerprint density at radius 3 is 0.417 bits per heavy atom. The molecular formula is C5IrKN5. The minimum Gasteiger partial charge on any atom is -0.512 e. The maximum Gasteiger partial charge on any atom is 4.00 e. The van der Waals surface area contributed by atoms with Gasteiger partial charge < -0.3 is 59.2 Å². The van der Waals surface area contributed by atoms with Crippen LogP contribution in [-0.4, -0.2) is 0 Å². The average Bonchev–Trinajstić information content (AvgIpc) is 2.20. The van der Waals surface area contributed by atoms with Crippen molar-refractivity contribution in [3.8, 4) is 0 Å². The quantitative estimate of drug-likeness (QED) is 0.348. The van der Waals surface area contributed by atoms with Gasteiger partial charge in [-0.25, -0.2) is 0 Å². The van der Waals surface area contributed by atoms with Gasteiger partial charge in [0.15, 0.2) is 0 Å². The number of nitrogens with zero attached hydrogens (tertiary/aromatic N) is 5. The zero-order valence-corrected chi connectivity index (χ0v) is 11.6. The summed E-state index contributed by atoms with van der Waals surface area (Å²) in [6.07, 6.45) is 0. The summed E-state index contributed by atoms with van der Waals surface area (Å²) in [7, 11) is 0. The first-order valence-corrected chi connectivity index (χ1v) is 1.12. The van der Waals surface area contributed by atoms with Crippen LogP contribution in [0.15, 0.2) is 0 Å². The van der Waals surface area contributed by atoms with Gasteiger partial charge in [0.1, 0.15) is 0 Å². The van der Waals surface area contributed by atoms with E-state index in [1.54, 1.807) is 0 Å². The zero-order chi connectivity index (χ0) is 10.0. The second-order valence-corrected chi connectivity index (χ2v) is 0. The van der Waals surface area contributed by atoms with Crippen molar-refractivity contribution < 1.29 is 71.5 Å². The minimum absolute atomic E-state index is 0. The third-order valence-electron chi connectivity index (χ3n) is 0. The van der Waals surface area contributed by atoms with Crippen molar-refractivity contribution in [3.63, 3.8) is 0 Å². The molecular weight excluding hydrogens is 361 g/mol. The molecule has 12 heavy (non-hydrogen) atoms. The van der Waals surface area contributed by atoms with Crippen molar-refractivity contribution >= 4 is 0 Å². The topological polar surface area (TPSA) is 119 Å². The van der Waals surface area contributed by atoms with Crippen LogP contribution in [0.3, 0.4) is 0 Å². The van der Waals surface area contributed by atoms with Gasteiger partial charge in [0.2, 0.25) is 0 Å². The van der Waals surface area contributed by atoms with Gasteiger partial charge >= 0.3 is 71.5 Å². The maximum absolute atomic E-state index is 6.25. The summed E-state index contributed by atoms with van der Waals surface area (Å²) in [5.74, 6) is 0. The summed E-state index contributed by atoms with van der Waals surface area (Å²) < 4.78 is 0. The molecule has 0 rings (SSSR count). The van der Waals surface area contributed by atoms with E-state index in [9.17, 15) is 0 Å². The molecule has 0 fully saturated rings. The van der Waals surface area contributed by atoms with Crippen LogP contribution in [0.1, 0.15) is 0 Å². The fourth-order valence-electron chi connectivity index (χ4n) is 0. The Bertz CT molecular complexity index is 78.4. The van der Waals surface area contributed by atoms with Crippen LogP contribution in [0, 0.1) is 59.2 Å². The monoisotopic (exact) mass is 362 g/mol. The second-order valence-electron chi connectivity index (χ2n) is 0. The van der Waals surface area contributed by atoms with Crippen molar-refractivity contribution in [2.45, 2.75) is 0 Å². The van der Waals surface area contributed by atoms with Gasteiger partial charge in [-0.2, -0.15) is 0 Å². The summed E-state index contributed by atoms with van der Waals surface area (Å²) in [5, 5.41) is 31.2. The summed E-state index contributed by atoms with van der Waals surface area (Å²) in [6.45, 7) is 23.8. The van der Waals surface area contributed by atoms with Gasteiger partial charge in [0.05, 0.1) is 0 Å². The van der Waals surface area contributed by atoms with Crippen LogP contribution in [0.4, 0.5) is 0 Å². The fraction of sp³-hybridized carbons (Fsp3) is 0. The van der Waals surface area contributed by atoms with Crippen LogP contribution in [-0.2, 0) is 20.1 Å². The third-order valence-corrected chi connectivity index (χ3v) is 0. The number of hydrogen-bond donors (Lipinski definition) is 0. The van der Waals surface area contributed by atoms with E-state index < -0.39 is 0 Å². The minimum atomic E-state index is 0. The Hall–Kier alpha value is -0.264. The molecule has 0 aliphatic carbocycles. The molecule has 7 heteroatoms. The number of hydrogen-bond acceptors (Lipinski definition) is 5. The third kappa shape index (κ3) is 10600. The Morgan fingerprint density at radius 2 is 0.417 bits per heavy atom. The van der Waals surface area contributed by atoms with E-state index in [2.05, 4.69) is 0 Å². The Balaban J connectivity index is -0.00000000500. The largest absolute Gasteiger partial charge is 4.00 e. The molecule has 0 amide bonds. The van der Waals surface area contributed by atoms with Crippen LogP contribution < -0.4 is 51.4 Å². The van der Waals surface area contributed by atoms with Crippen molar-refractivity contribution in [2.75, 3.05) is 0 Å². The van der Waals surface area contributed by atoms with Crippen LogP contribution >= 0.6 is 0 Å². The first-order valence-electron chi connectivity index (χ1n) is 1.12. The first-order chi connectivity index (χ1) is 5.00. The predicted octanol–water partition coefficient (Wildman–Crippen LogP) is -2.52. The molecule has 5 nitrogen and oxygen atoms in total. The average molecular weight is 361 g/mol. The van der Waals surface area contributed by atoms with E-state index in [1.165, 1.54) is 0 Å². The van der Waals surface area contributed by atoms with Crippen molar-refractivity contribution in [2.24, 2.45) is 0 Å². The van der Waals surface area contributed by atoms with Gasteiger partial charge in [-0.1, -0.05) is 0 Å². The van der Waals surface area contributed by atoms with E-state index >= 15 is 0 Å². The normalized spacial score (nSPS) is 0.833. The van der Waals surface area contributed by atoms with Crippen molar-refractivity contribution in [1.29, 1.82) is 26.3 Å². The number of rotatable bonds is 0. The van der Waals surface area contributed by atoms with Gasteiger partial charge in [-0.05, 0) is 0 Å². The molecule has 0 aromatic carbocycles. The Kier molecular flexibility index (Phi) is 73200. The fourth-order valence-corrected chi connectivity index (χ4v) is 0. The van der Waals surface area contributed by atoms with Gasteiger partial charge in [0, 0.05) is 0 Å². The molecule has 0 aliphatic heterocycles. The van der Waals surface area contributed by atoms with Gasteiger partial charge in [-0.3, -0.25) is 0 Å². The van der Waals surface area contributed by atoms with E-state index in [0.717, 1.165) is 0 Å². The molecule has 0 aromatic rings. The van der Waals surface area contributed by atoms with Crippen LogP contribution in [0.25, 0.3) is 0 Å². The Morgan fingerprint density at radius 1 is 0.417 bits per heavy atom. The standard InChI is InChI=1S/5CN.Ir.K/c5*1-2;;/q5*-1;+4;+1.